The van der Waals surface area contributed by atoms with Crippen molar-refractivity contribution in [2.45, 2.75) is 12.8 Å². The number of rotatable bonds is 3. The number of halogens is 1. The third-order valence-corrected chi connectivity index (χ3v) is 3.46. The van der Waals surface area contributed by atoms with Crippen LogP contribution in [0.5, 0.6) is 0 Å². The van der Waals surface area contributed by atoms with Gasteiger partial charge in [0.15, 0.2) is 0 Å². The minimum absolute atomic E-state index is 0.641. The van der Waals surface area contributed by atoms with Gasteiger partial charge in [-0.15, -0.1) is 0 Å². The molecular weight excluding hydrogens is 234 g/mol. The van der Waals surface area contributed by atoms with E-state index in [0.29, 0.717) is 16.5 Å². The zero-order valence-corrected chi connectivity index (χ0v) is 10.4. The number of nitrogens with zero attached hydrogens (tertiary/aromatic N) is 1. The van der Waals surface area contributed by atoms with E-state index in [0.717, 1.165) is 25.3 Å². The molecule has 0 radical (unpaired) electrons. The summed E-state index contributed by atoms with van der Waals surface area (Å²) in [6.07, 6.45) is 2.39. The predicted octanol–water partition coefficient (Wildman–Crippen LogP) is 2.62. The van der Waals surface area contributed by atoms with Gasteiger partial charge in [0, 0.05) is 6.54 Å². The molecule has 1 aliphatic rings. The topological polar surface area (TPSA) is 47.9 Å². The Hall–Kier alpha value is -1.24. The smallest absolute Gasteiger partial charge is 0.0992 e. The van der Waals surface area contributed by atoms with Crippen molar-refractivity contribution in [2.75, 3.05) is 25.0 Å². The van der Waals surface area contributed by atoms with Crippen LogP contribution in [0.4, 0.5) is 5.69 Å². The van der Waals surface area contributed by atoms with Crippen LogP contribution in [-0.4, -0.2) is 19.6 Å². The number of piperidine rings is 1. The van der Waals surface area contributed by atoms with Crippen molar-refractivity contribution in [1.82, 2.24) is 5.32 Å². The van der Waals surface area contributed by atoms with E-state index in [1.807, 2.05) is 6.07 Å². The second-order valence-corrected chi connectivity index (χ2v) is 4.79. The maximum absolute atomic E-state index is 8.84. The normalized spacial score (nSPS) is 16.5. The fraction of sp³-hybridized carbons (Fsp3) is 0.462. The number of benzene rings is 1. The molecule has 1 heterocycles. The molecule has 0 amide bonds. The summed E-state index contributed by atoms with van der Waals surface area (Å²) in [4.78, 5) is 0. The molecule has 1 aromatic carbocycles. The minimum Gasteiger partial charge on any atom is -0.384 e. The fourth-order valence-corrected chi connectivity index (χ4v) is 2.25. The lowest BCUT2D eigenvalue weighted by molar-refractivity contribution is 0.390. The van der Waals surface area contributed by atoms with Crippen LogP contribution < -0.4 is 10.6 Å². The number of hydrogen-bond acceptors (Lipinski definition) is 3. The van der Waals surface area contributed by atoms with Gasteiger partial charge in [-0.1, -0.05) is 11.6 Å². The van der Waals surface area contributed by atoms with Gasteiger partial charge in [0.05, 0.1) is 22.3 Å². The first kappa shape index (κ1) is 12.2. The van der Waals surface area contributed by atoms with Crippen molar-refractivity contribution in [1.29, 1.82) is 5.26 Å². The summed E-state index contributed by atoms with van der Waals surface area (Å²) in [6, 6.07) is 7.44. The van der Waals surface area contributed by atoms with Crippen molar-refractivity contribution in [3.8, 4) is 6.07 Å². The Bertz CT molecular complexity index is 419. The molecule has 0 aliphatic carbocycles. The second-order valence-electron chi connectivity index (χ2n) is 4.38. The molecule has 0 saturated carbocycles. The summed E-state index contributed by atoms with van der Waals surface area (Å²) in [5.41, 5.74) is 1.51. The molecule has 4 heteroatoms. The average molecular weight is 250 g/mol. The first-order valence-electron chi connectivity index (χ1n) is 5.94. The molecule has 0 aromatic heterocycles. The molecule has 2 rings (SSSR count). The van der Waals surface area contributed by atoms with Gasteiger partial charge in [0.2, 0.25) is 0 Å². The molecule has 1 aliphatic heterocycles. The maximum Gasteiger partial charge on any atom is 0.0992 e. The van der Waals surface area contributed by atoms with Crippen LogP contribution in [0, 0.1) is 17.2 Å². The van der Waals surface area contributed by atoms with E-state index < -0.39 is 0 Å². The highest BCUT2D eigenvalue weighted by molar-refractivity contribution is 6.33. The van der Waals surface area contributed by atoms with Crippen molar-refractivity contribution in [2.24, 2.45) is 5.92 Å². The van der Waals surface area contributed by atoms with Gasteiger partial charge < -0.3 is 10.6 Å². The number of nitrogens with one attached hydrogen (secondary N) is 2. The van der Waals surface area contributed by atoms with Gasteiger partial charge in [-0.3, -0.25) is 0 Å². The molecule has 0 spiro atoms. The van der Waals surface area contributed by atoms with Gasteiger partial charge >= 0.3 is 0 Å². The number of anilines is 1. The monoisotopic (exact) mass is 249 g/mol. The van der Waals surface area contributed by atoms with Crippen LogP contribution in [0.15, 0.2) is 18.2 Å². The van der Waals surface area contributed by atoms with Crippen LogP contribution in [0.1, 0.15) is 18.4 Å². The Morgan fingerprint density at radius 3 is 2.88 bits per heavy atom. The van der Waals surface area contributed by atoms with Crippen LogP contribution in [0.25, 0.3) is 0 Å². The first-order chi connectivity index (χ1) is 8.29. The van der Waals surface area contributed by atoms with E-state index in [2.05, 4.69) is 16.7 Å². The lowest BCUT2D eigenvalue weighted by atomic mass is 9.98. The highest BCUT2D eigenvalue weighted by Gasteiger charge is 2.13. The fourth-order valence-electron chi connectivity index (χ4n) is 2.07. The van der Waals surface area contributed by atoms with Gasteiger partial charge in [0.25, 0.3) is 0 Å². The molecule has 0 unspecified atom stereocenters. The zero-order chi connectivity index (χ0) is 12.1. The van der Waals surface area contributed by atoms with E-state index in [1.54, 1.807) is 12.1 Å². The summed E-state index contributed by atoms with van der Waals surface area (Å²) in [7, 11) is 0. The van der Waals surface area contributed by atoms with Crippen molar-refractivity contribution < 1.29 is 0 Å². The van der Waals surface area contributed by atoms with E-state index in [4.69, 9.17) is 16.9 Å². The lowest BCUT2D eigenvalue weighted by Crippen LogP contribution is -2.31. The molecule has 1 fully saturated rings. The summed E-state index contributed by atoms with van der Waals surface area (Å²) in [5.74, 6) is 0.693. The van der Waals surface area contributed by atoms with Crippen molar-refractivity contribution in [3.05, 3.63) is 28.8 Å². The maximum atomic E-state index is 8.84. The third-order valence-electron chi connectivity index (χ3n) is 3.14. The third kappa shape index (κ3) is 3.36. The minimum atomic E-state index is 0.641. The number of nitriles is 1. The molecule has 17 heavy (non-hydrogen) atoms. The second kappa shape index (κ2) is 5.90. The quantitative estimate of drug-likeness (QED) is 0.866. The summed E-state index contributed by atoms with van der Waals surface area (Å²) in [6.45, 7) is 3.12. The Labute approximate surface area is 107 Å². The molecule has 2 N–H and O–H groups in total. The average Bonchev–Trinajstić information content (AvgIpc) is 2.39. The highest BCUT2D eigenvalue weighted by Crippen LogP contribution is 2.23. The van der Waals surface area contributed by atoms with Gasteiger partial charge in [0.1, 0.15) is 0 Å². The highest BCUT2D eigenvalue weighted by atomic mass is 35.5. The first-order valence-corrected chi connectivity index (χ1v) is 6.31. The predicted molar refractivity (Wildman–Crippen MR) is 70.3 cm³/mol. The Balaban J connectivity index is 1.95. The largest absolute Gasteiger partial charge is 0.384 e. The summed E-state index contributed by atoms with van der Waals surface area (Å²) < 4.78 is 0. The number of hydrogen-bond donors (Lipinski definition) is 2. The van der Waals surface area contributed by atoms with E-state index in [1.165, 1.54) is 12.8 Å². The molecule has 90 valence electrons. The van der Waals surface area contributed by atoms with Gasteiger partial charge in [-0.05, 0) is 50.0 Å². The van der Waals surface area contributed by atoms with E-state index in [9.17, 15) is 0 Å². The van der Waals surface area contributed by atoms with Crippen LogP contribution in [0.2, 0.25) is 5.02 Å². The van der Waals surface area contributed by atoms with Crippen LogP contribution >= 0.6 is 11.6 Å². The summed E-state index contributed by atoms with van der Waals surface area (Å²) >= 11 is 6.09. The van der Waals surface area contributed by atoms with E-state index >= 15 is 0 Å². The lowest BCUT2D eigenvalue weighted by Gasteiger charge is -2.23. The molecule has 3 nitrogen and oxygen atoms in total. The van der Waals surface area contributed by atoms with Crippen LogP contribution in [-0.2, 0) is 0 Å². The zero-order valence-electron chi connectivity index (χ0n) is 9.67. The molecule has 0 bridgehead atoms. The molecule has 1 aromatic rings. The molecular formula is C13H16ClN3. The van der Waals surface area contributed by atoms with Gasteiger partial charge in [-0.2, -0.15) is 5.26 Å². The Morgan fingerprint density at radius 1 is 1.41 bits per heavy atom. The van der Waals surface area contributed by atoms with Gasteiger partial charge in [-0.25, -0.2) is 0 Å². The Morgan fingerprint density at radius 2 is 2.18 bits per heavy atom. The standard InChI is InChI=1S/C13H16ClN3/c14-12-2-1-11(8-15)7-13(12)17-9-10-3-5-16-6-4-10/h1-2,7,10,16-17H,3-6,9H2. The summed E-state index contributed by atoms with van der Waals surface area (Å²) in [5, 5.41) is 16.2. The van der Waals surface area contributed by atoms with Crippen molar-refractivity contribution >= 4 is 17.3 Å². The van der Waals surface area contributed by atoms with Crippen molar-refractivity contribution in [3.63, 3.8) is 0 Å². The molecule has 1 saturated heterocycles. The molecule has 0 atom stereocenters. The Kier molecular flexibility index (Phi) is 4.24. The SMILES string of the molecule is N#Cc1ccc(Cl)c(NCC2CCNCC2)c1. The van der Waals surface area contributed by atoms with E-state index in [-0.39, 0.29) is 0 Å². The van der Waals surface area contributed by atoms with Crippen LogP contribution in [0.3, 0.4) is 0 Å².